The second-order valence-corrected chi connectivity index (χ2v) is 7.13. The Morgan fingerprint density at radius 3 is 2.79 bits per heavy atom. The molecular formula is C22H27FN2O3. The van der Waals surface area contributed by atoms with E-state index in [1.165, 1.54) is 12.5 Å². The average Bonchev–Trinajstić information content (AvgIpc) is 2.92. The molecule has 0 saturated carbocycles. The highest BCUT2D eigenvalue weighted by Crippen LogP contribution is 2.34. The number of methoxy groups -OCH3 is 1. The Morgan fingerprint density at radius 1 is 1.18 bits per heavy atom. The number of benzene rings is 2. The lowest BCUT2D eigenvalue weighted by atomic mass is 10.00. The first-order valence-electron chi connectivity index (χ1n) is 9.64. The molecule has 6 heteroatoms. The molecule has 2 N–H and O–H groups in total. The van der Waals surface area contributed by atoms with Crippen molar-refractivity contribution in [2.45, 2.75) is 38.3 Å². The van der Waals surface area contributed by atoms with E-state index in [1.807, 2.05) is 18.2 Å². The van der Waals surface area contributed by atoms with E-state index in [2.05, 4.69) is 4.90 Å². The molecule has 1 fully saturated rings. The van der Waals surface area contributed by atoms with E-state index < -0.39 is 5.91 Å². The number of hydrogen-bond acceptors (Lipinski definition) is 4. The SMILES string of the molecule is COc1cc(CN2CCCCC[C@H]2c2cccc(F)c2)ccc1OCC(N)=O. The molecule has 1 atom stereocenters. The van der Waals surface area contributed by atoms with Crippen LogP contribution in [0.15, 0.2) is 42.5 Å². The Balaban J connectivity index is 1.80. The third-order valence-corrected chi connectivity index (χ3v) is 5.08. The number of likely N-dealkylation sites (tertiary alicyclic amines) is 1. The van der Waals surface area contributed by atoms with Crippen molar-refractivity contribution >= 4 is 5.91 Å². The summed E-state index contributed by atoms with van der Waals surface area (Å²) in [5.74, 6) is 0.325. The highest BCUT2D eigenvalue weighted by molar-refractivity contribution is 5.75. The molecule has 0 aromatic heterocycles. The van der Waals surface area contributed by atoms with Crippen LogP contribution >= 0.6 is 0 Å². The lowest BCUT2D eigenvalue weighted by Crippen LogP contribution is -2.28. The number of carbonyl (C=O) groups is 1. The summed E-state index contributed by atoms with van der Waals surface area (Å²) in [6.45, 7) is 1.50. The van der Waals surface area contributed by atoms with Gasteiger partial charge in [-0.1, -0.05) is 31.0 Å². The molecule has 2 aromatic rings. The van der Waals surface area contributed by atoms with Gasteiger partial charge < -0.3 is 15.2 Å². The Bertz CT molecular complexity index is 812. The Hall–Kier alpha value is -2.60. The highest BCUT2D eigenvalue weighted by atomic mass is 19.1. The number of rotatable bonds is 7. The van der Waals surface area contributed by atoms with Gasteiger partial charge in [0, 0.05) is 12.6 Å². The largest absolute Gasteiger partial charge is 0.493 e. The number of nitrogens with two attached hydrogens (primary N) is 1. The molecule has 0 radical (unpaired) electrons. The van der Waals surface area contributed by atoms with Crippen molar-refractivity contribution in [3.63, 3.8) is 0 Å². The molecule has 3 rings (SSSR count). The number of amides is 1. The maximum absolute atomic E-state index is 13.8. The molecule has 28 heavy (non-hydrogen) atoms. The van der Waals surface area contributed by atoms with E-state index >= 15 is 0 Å². The van der Waals surface area contributed by atoms with Gasteiger partial charge in [0.05, 0.1) is 7.11 Å². The maximum atomic E-state index is 13.8. The third kappa shape index (κ3) is 5.23. The summed E-state index contributed by atoms with van der Waals surface area (Å²) in [6, 6.07) is 12.8. The monoisotopic (exact) mass is 386 g/mol. The molecule has 1 saturated heterocycles. The molecule has 2 aromatic carbocycles. The highest BCUT2D eigenvalue weighted by Gasteiger charge is 2.23. The van der Waals surface area contributed by atoms with Gasteiger partial charge in [0.2, 0.25) is 0 Å². The quantitative estimate of drug-likeness (QED) is 0.786. The van der Waals surface area contributed by atoms with Gasteiger partial charge in [-0.05, 0) is 54.8 Å². The van der Waals surface area contributed by atoms with Gasteiger partial charge in [0.1, 0.15) is 5.82 Å². The predicted octanol–water partition coefficient (Wildman–Crippen LogP) is 3.82. The van der Waals surface area contributed by atoms with E-state index in [-0.39, 0.29) is 18.5 Å². The Morgan fingerprint density at radius 2 is 2.04 bits per heavy atom. The second kappa shape index (κ2) is 9.55. The van der Waals surface area contributed by atoms with Crippen LogP contribution in [0.1, 0.15) is 42.9 Å². The standard InChI is InChI=1S/C22H27FN2O3/c1-27-21-12-16(9-10-20(21)28-15-22(24)26)14-25-11-4-2-3-8-19(25)17-6-5-7-18(23)13-17/h5-7,9-10,12-13,19H,2-4,8,11,14-15H2,1H3,(H2,24,26)/t19-/m0/s1. The lowest BCUT2D eigenvalue weighted by molar-refractivity contribution is -0.119. The van der Waals surface area contributed by atoms with Gasteiger partial charge in [0.15, 0.2) is 18.1 Å². The van der Waals surface area contributed by atoms with E-state index in [1.54, 1.807) is 25.3 Å². The average molecular weight is 386 g/mol. The fraction of sp³-hybridized carbons (Fsp3) is 0.409. The predicted molar refractivity (Wildman–Crippen MR) is 106 cm³/mol. The van der Waals surface area contributed by atoms with Gasteiger partial charge >= 0.3 is 0 Å². The Kier molecular flexibility index (Phi) is 6.87. The molecule has 0 spiro atoms. The molecule has 1 heterocycles. The fourth-order valence-electron chi connectivity index (χ4n) is 3.76. The number of hydrogen-bond donors (Lipinski definition) is 1. The van der Waals surface area contributed by atoms with Crippen LogP contribution in [0, 0.1) is 5.82 Å². The first kappa shape index (κ1) is 20.1. The molecule has 1 amide bonds. The normalized spacial score (nSPS) is 17.7. The summed E-state index contributed by atoms with van der Waals surface area (Å²) in [6.07, 6.45) is 4.47. The topological polar surface area (TPSA) is 64.8 Å². The third-order valence-electron chi connectivity index (χ3n) is 5.08. The Labute approximate surface area is 165 Å². The first-order valence-corrected chi connectivity index (χ1v) is 9.64. The van der Waals surface area contributed by atoms with Crippen LogP contribution in [0.4, 0.5) is 4.39 Å². The van der Waals surface area contributed by atoms with Crippen LogP contribution in [0.25, 0.3) is 0 Å². The molecule has 0 aliphatic carbocycles. The summed E-state index contributed by atoms with van der Waals surface area (Å²) >= 11 is 0. The van der Waals surface area contributed by atoms with Gasteiger partial charge in [-0.3, -0.25) is 9.69 Å². The zero-order chi connectivity index (χ0) is 19.9. The van der Waals surface area contributed by atoms with E-state index in [0.29, 0.717) is 11.5 Å². The van der Waals surface area contributed by atoms with E-state index in [4.69, 9.17) is 15.2 Å². The number of primary amides is 1. The van der Waals surface area contributed by atoms with Gasteiger partial charge in [-0.15, -0.1) is 0 Å². The summed E-state index contributed by atoms with van der Waals surface area (Å²) in [5.41, 5.74) is 7.24. The van der Waals surface area contributed by atoms with E-state index in [0.717, 1.165) is 43.5 Å². The minimum Gasteiger partial charge on any atom is -0.493 e. The van der Waals surface area contributed by atoms with Crippen molar-refractivity contribution in [2.75, 3.05) is 20.3 Å². The van der Waals surface area contributed by atoms with Gasteiger partial charge in [0.25, 0.3) is 5.91 Å². The molecule has 150 valence electrons. The number of nitrogens with zero attached hydrogens (tertiary/aromatic N) is 1. The summed E-state index contributed by atoms with van der Waals surface area (Å²) in [7, 11) is 1.57. The molecule has 1 aliphatic heterocycles. The minimum atomic E-state index is -0.534. The van der Waals surface area contributed by atoms with Crippen LogP contribution in [0.3, 0.4) is 0 Å². The molecule has 1 aliphatic rings. The molecule has 0 bridgehead atoms. The summed E-state index contributed by atoms with van der Waals surface area (Å²) in [5, 5.41) is 0. The summed E-state index contributed by atoms with van der Waals surface area (Å²) < 4.78 is 24.6. The zero-order valence-corrected chi connectivity index (χ0v) is 16.2. The van der Waals surface area contributed by atoms with Crippen molar-refractivity contribution in [2.24, 2.45) is 5.73 Å². The van der Waals surface area contributed by atoms with Crippen LogP contribution in [-0.2, 0) is 11.3 Å². The van der Waals surface area contributed by atoms with Crippen LogP contribution in [0.2, 0.25) is 0 Å². The van der Waals surface area contributed by atoms with Crippen molar-refractivity contribution < 1.29 is 18.7 Å². The number of ether oxygens (including phenoxy) is 2. The lowest BCUT2D eigenvalue weighted by Gasteiger charge is -2.30. The first-order chi connectivity index (χ1) is 13.6. The molecule has 0 unspecified atom stereocenters. The van der Waals surface area contributed by atoms with Gasteiger partial charge in [-0.2, -0.15) is 0 Å². The fourth-order valence-corrected chi connectivity index (χ4v) is 3.76. The molecule has 5 nitrogen and oxygen atoms in total. The van der Waals surface area contributed by atoms with Crippen molar-refractivity contribution in [3.05, 3.63) is 59.4 Å². The second-order valence-electron chi connectivity index (χ2n) is 7.13. The van der Waals surface area contributed by atoms with Gasteiger partial charge in [-0.25, -0.2) is 4.39 Å². The van der Waals surface area contributed by atoms with Crippen molar-refractivity contribution in [1.82, 2.24) is 4.90 Å². The maximum Gasteiger partial charge on any atom is 0.255 e. The smallest absolute Gasteiger partial charge is 0.255 e. The van der Waals surface area contributed by atoms with Crippen molar-refractivity contribution in [1.29, 1.82) is 0 Å². The van der Waals surface area contributed by atoms with Crippen LogP contribution in [-0.4, -0.2) is 31.1 Å². The molecular weight excluding hydrogens is 359 g/mol. The number of carbonyl (C=O) groups excluding carboxylic acids is 1. The van der Waals surface area contributed by atoms with Crippen LogP contribution < -0.4 is 15.2 Å². The van der Waals surface area contributed by atoms with Crippen LogP contribution in [0.5, 0.6) is 11.5 Å². The minimum absolute atomic E-state index is 0.190. The number of halogens is 1. The van der Waals surface area contributed by atoms with Crippen molar-refractivity contribution in [3.8, 4) is 11.5 Å². The van der Waals surface area contributed by atoms with E-state index in [9.17, 15) is 9.18 Å². The summed E-state index contributed by atoms with van der Waals surface area (Å²) in [4.78, 5) is 13.4. The zero-order valence-electron chi connectivity index (χ0n) is 16.2.